The molecule has 31 heavy (non-hydrogen) atoms. The van der Waals surface area contributed by atoms with Crippen LogP contribution in [0, 0.1) is 34.5 Å². The van der Waals surface area contributed by atoms with Gasteiger partial charge in [0.1, 0.15) is 5.78 Å². The summed E-state index contributed by atoms with van der Waals surface area (Å²) in [6.07, 6.45) is 9.93. The van der Waals surface area contributed by atoms with Gasteiger partial charge in [0, 0.05) is 18.5 Å². The molecule has 8 atom stereocenters. The number of hydrogen-bond acceptors (Lipinski definition) is 3. The molecule has 3 heteroatoms. The third kappa shape index (κ3) is 3.43. The van der Waals surface area contributed by atoms with Gasteiger partial charge < -0.3 is 10.4 Å². The Labute approximate surface area is 187 Å². The molecule has 0 aromatic heterocycles. The zero-order chi connectivity index (χ0) is 21.8. The molecular formula is C28H39NO2. The van der Waals surface area contributed by atoms with Crippen LogP contribution in [0.4, 0.5) is 0 Å². The van der Waals surface area contributed by atoms with Gasteiger partial charge in [-0.25, -0.2) is 0 Å². The monoisotopic (exact) mass is 421 g/mol. The van der Waals surface area contributed by atoms with Crippen LogP contribution >= 0.6 is 0 Å². The highest BCUT2D eigenvalue weighted by atomic mass is 16.3. The van der Waals surface area contributed by atoms with E-state index in [2.05, 4.69) is 55.6 Å². The Balaban J connectivity index is 1.41. The summed E-state index contributed by atoms with van der Waals surface area (Å²) in [5, 5.41) is 14.1. The summed E-state index contributed by atoms with van der Waals surface area (Å²) in [6, 6.07) is 10.9. The van der Waals surface area contributed by atoms with E-state index in [1.165, 1.54) is 17.6 Å². The average molecular weight is 422 g/mol. The molecule has 4 aliphatic rings. The van der Waals surface area contributed by atoms with Crippen molar-refractivity contribution < 1.29 is 9.90 Å². The lowest BCUT2D eigenvalue weighted by atomic mass is 9.47. The second-order valence-electron chi connectivity index (χ2n) is 11.5. The van der Waals surface area contributed by atoms with Crippen LogP contribution < -0.4 is 5.32 Å². The maximum atomic E-state index is 12.9. The highest BCUT2D eigenvalue weighted by Crippen LogP contribution is 2.66. The smallest absolute Gasteiger partial charge is 0.135 e. The lowest BCUT2D eigenvalue weighted by Gasteiger charge is -2.57. The number of Topliss-reactive ketones (excluding diaryl/α,β-unsaturated/α-hetero) is 1. The van der Waals surface area contributed by atoms with E-state index in [4.69, 9.17) is 0 Å². The molecular weight excluding hydrogens is 382 g/mol. The number of hydrogen-bond donors (Lipinski definition) is 2. The van der Waals surface area contributed by atoms with Crippen LogP contribution in [-0.4, -0.2) is 23.0 Å². The third-order valence-electron chi connectivity index (χ3n) is 9.99. The number of carbonyl (C=O) groups excluding carboxylic acids is 1. The molecule has 1 aromatic carbocycles. The number of carbonyl (C=O) groups is 1. The molecule has 3 fully saturated rings. The standard InChI is InChI=1S/C28H39NO2/c1-18(30)26-25(29-17-19-7-5-4-6-8-19)16-24-22-10-9-20-15-21(31)11-13-27(20,2)23(22)12-14-28(24,26)3/h4-9,21-26,29,31H,10-17H2,1-3H3/t21-,22+,23-,24-,25?,26-,27-,28-/m0/s1. The lowest BCUT2D eigenvalue weighted by molar-refractivity contribution is -0.128. The van der Waals surface area contributed by atoms with Gasteiger partial charge in [-0.05, 0) is 86.0 Å². The van der Waals surface area contributed by atoms with Crippen molar-refractivity contribution in [2.24, 2.45) is 34.5 Å². The van der Waals surface area contributed by atoms with E-state index in [1.54, 1.807) is 0 Å². The van der Waals surface area contributed by atoms with E-state index in [9.17, 15) is 9.90 Å². The topological polar surface area (TPSA) is 49.3 Å². The summed E-state index contributed by atoms with van der Waals surface area (Å²) in [5.74, 6) is 2.48. The van der Waals surface area contributed by atoms with Gasteiger partial charge in [-0.3, -0.25) is 4.79 Å². The minimum Gasteiger partial charge on any atom is -0.393 e. The summed E-state index contributed by atoms with van der Waals surface area (Å²) in [5.41, 5.74) is 3.18. The average Bonchev–Trinajstić information content (AvgIpc) is 3.06. The van der Waals surface area contributed by atoms with Crippen LogP contribution in [-0.2, 0) is 11.3 Å². The maximum absolute atomic E-state index is 12.9. The first-order valence-electron chi connectivity index (χ1n) is 12.5. The molecule has 0 saturated heterocycles. The zero-order valence-electron chi connectivity index (χ0n) is 19.4. The van der Waals surface area contributed by atoms with Crippen LogP contribution in [0.2, 0.25) is 0 Å². The van der Waals surface area contributed by atoms with E-state index in [0.29, 0.717) is 23.5 Å². The Morgan fingerprint density at radius 3 is 2.65 bits per heavy atom. The first-order valence-corrected chi connectivity index (χ1v) is 12.5. The SMILES string of the molecule is CC(=O)[C@H]1C(NCc2ccccc2)C[C@H]2[C@@H]3CC=C4C[C@@H](O)CC[C@]4(C)[C@H]3CC[C@]12C. The number of fused-ring (bicyclic) bond motifs is 5. The maximum Gasteiger partial charge on any atom is 0.135 e. The fourth-order valence-corrected chi connectivity index (χ4v) is 8.48. The molecule has 3 saturated carbocycles. The highest BCUT2D eigenvalue weighted by molar-refractivity contribution is 5.80. The van der Waals surface area contributed by atoms with Crippen molar-refractivity contribution in [2.45, 2.75) is 84.4 Å². The van der Waals surface area contributed by atoms with Gasteiger partial charge in [-0.1, -0.05) is 55.8 Å². The van der Waals surface area contributed by atoms with Crippen LogP contribution in [0.1, 0.15) is 71.3 Å². The summed E-state index contributed by atoms with van der Waals surface area (Å²) < 4.78 is 0. The van der Waals surface area contributed by atoms with Gasteiger partial charge in [0.2, 0.25) is 0 Å². The number of allylic oxidation sites excluding steroid dienone is 1. The minimum atomic E-state index is -0.148. The molecule has 0 spiro atoms. The molecule has 0 bridgehead atoms. The number of benzene rings is 1. The van der Waals surface area contributed by atoms with Crippen LogP contribution in [0.25, 0.3) is 0 Å². The Morgan fingerprint density at radius 1 is 1.13 bits per heavy atom. The summed E-state index contributed by atoms with van der Waals surface area (Å²) in [7, 11) is 0. The number of aliphatic hydroxyl groups excluding tert-OH is 1. The minimum absolute atomic E-state index is 0.108. The van der Waals surface area contributed by atoms with Gasteiger partial charge in [0.15, 0.2) is 0 Å². The van der Waals surface area contributed by atoms with Crippen LogP contribution in [0.5, 0.6) is 0 Å². The van der Waals surface area contributed by atoms with Crippen LogP contribution in [0.15, 0.2) is 42.0 Å². The van der Waals surface area contributed by atoms with Crippen molar-refractivity contribution >= 4 is 5.78 Å². The Kier molecular flexibility index (Phi) is 5.42. The molecule has 0 radical (unpaired) electrons. The molecule has 5 rings (SSSR count). The second kappa shape index (κ2) is 7.85. The summed E-state index contributed by atoms with van der Waals surface area (Å²) in [6.45, 7) is 7.57. The predicted molar refractivity (Wildman–Crippen MR) is 124 cm³/mol. The van der Waals surface area contributed by atoms with Crippen molar-refractivity contribution in [3.8, 4) is 0 Å². The van der Waals surface area contributed by atoms with Crippen molar-refractivity contribution in [3.05, 3.63) is 47.5 Å². The lowest BCUT2D eigenvalue weighted by Crippen LogP contribution is -2.51. The molecule has 1 aromatic rings. The molecule has 0 aliphatic heterocycles. The van der Waals surface area contributed by atoms with E-state index >= 15 is 0 Å². The highest BCUT2D eigenvalue weighted by Gasteiger charge is 2.61. The summed E-state index contributed by atoms with van der Waals surface area (Å²) in [4.78, 5) is 12.9. The van der Waals surface area contributed by atoms with Gasteiger partial charge in [-0.2, -0.15) is 0 Å². The summed E-state index contributed by atoms with van der Waals surface area (Å²) >= 11 is 0. The number of aliphatic hydroxyl groups is 1. The Bertz CT molecular complexity index is 863. The molecule has 2 N–H and O–H groups in total. The molecule has 168 valence electrons. The zero-order valence-corrected chi connectivity index (χ0v) is 19.4. The number of ketones is 1. The number of rotatable bonds is 4. The van der Waals surface area contributed by atoms with Crippen LogP contribution in [0.3, 0.4) is 0 Å². The molecule has 3 nitrogen and oxygen atoms in total. The first kappa shape index (κ1) is 21.4. The normalized spacial score (nSPS) is 44.1. The largest absolute Gasteiger partial charge is 0.393 e. The second-order valence-corrected chi connectivity index (χ2v) is 11.5. The van der Waals surface area contributed by atoms with Gasteiger partial charge >= 0.3 is 0 Å². The number of nitrogens with one attached hydrogen (secondary N) is 1. The van der Waals surface area contributed by atoms with Gasteiger partial charge in [-0.15, -0.1) is 0 Å². The van der Waals surface area contributed by atoms with Crippen molar-refractivity contribution in [1.29, 1.82) is 0 Å². The van der Waals surface area contributed by atoms with Gasteiger partial charge in [0.05, 0.1) is 6.10 Å². The molecule has 0 heterocycles. The fraction of sp³-hybridized carbons (Fsp3) is 0.679. The van der Waals surface area contributed by atoms with Gasteiger partial charge in [0.25, 0.3) is 0 Å². The molecule has 1 unspecified atom stereocenters. The van der Waals surface area contributed by atoms with Crippen molar-refractivity contribution in [1.82, 2.24) is 5.32 Å². The fourth-order valence-electron chi connectivity index (χ4n) is 8.48. The molecule has 0 amide bonds. The van der Waals surface area contributed by atoms with E-state index in [0.717, 1.165) is 45.1 Å². The third-order valence-corrected chi connectivity index (χ3v) is 9.99. The Hall–Kier alpha value is -1.45. The van der Waals surface area contributed by atoms with E-state index in [-0.39, 0.29) is 28.9 Å². The quantitative estimate of drug-likeness (QED) is 0.650. The Morgan fingerprint density at radius 2 is 1.90 bits per heavy atom. The predicted octanol–water partition coefficient (Wildman–Crippen LogP) is 5.28. The first-order chi connectivity index (χ1) is 14.8. The van der Waals surface area contributed by atoms with Crippen molar-refractivity contribution in [3.63, 3.8) is 0 Å². The van der Waals surface area contributed by atoms with E-state index < -0.39 is 0 Å². The van der Waals surface area contributed by atoms with E-state index in [1.807, 2.05) is 6.92 Å². The van der Waals surface area contributed by atoms with Crippen molar-refractivity contribution in [2.75, 3.05) is 0 Å². The molecule has 4 aliphatic carbocycles.